The first-order valence-corrected chi connectivity index (χ1v) is 8.99. The summed E-state index contributed by atoms with van der Waals surface area (Å²) in [5, 5.41) is 6.86. The van der Waals surface area contributed by atoms with Gasteiger partial charge in [0.25, 0.3) is 11.8 Å². The minimum absolute atomic E-state index is 0.0980. The van der Waals surface area contributed by atoms with Gasteiger partial charge in [-0.15, -0.1) is 0 Å². The van der Waals surface area contributed by atoms with E-state index < -0.39 is 11.7 Å². The van der Waals surface area contributed by atoms with Gasteiger partial charge in [-0.05, 0) is 37.6 Å². The molecular formula is C20H19FN4O3. The average Bonchev–Trinajstić information content (AvgIpc) is 3.23. The van der Waals surface area contributed by atoms with Gasteiger partial charge in [-0.1, -0.05) is 12.1 Å². The SMILES string of the molecule is Cc1ccoc1C(=O)N1CCCn2nc(C(=O)Nc3ccccc3F)cc2C1. The molecule has 0 atom stereocenters. The molecule has 144 valence electrons. The summed E-state index contributed by atoms with van der Waals surface area (Å²) in [6, 6.07) is 9.34. The predicted molar refractivity (Wildman–Crippen MR) is 99.4 cm³/mol. The lowest BCUT2D eigenvalue weighted by atomic mass is 10.2. The largest absolute Gasteiger partial charge is 0.459 e. The van der Waals surface area contributed by atoms with Crippen LogP contribution in [-0.4, -0.2) is 33.0 Å². The number of anilines is 1. The quantitative estimate of drug-likeness (QED) is 0.754. The monoisotopic (exact) mass is 382 g/mol. The molecule has 3 heterocycles. The number of aromatic nitrogens is 2. The number of aryl methyl sites for hydroxylation is 2. The molecule has 8 heteroatoms. The fraction of sp³-hybridized carbons (Fsp3) is 0.250. The Balaban J connectivity index is 1.53. The Hall–Kier alpha value is -3.42. The Morgan fingerprint density at radius 3 is 2.79 bits per heavy atom. The van der Waals surface area contributed by atoms with Crippen LogP contribution in [0.1, 0.15) is 38.7 Å². The normalized spacial score (nSPS) is 13.7. The Labute approximate surface area is 160 Å². The number of rotatable bonds is 3. The lowest BCUT2D eigenvalue weighted by Gasteiger charge is -2.18. The first-order chi connectivity index (χ1) is 13.5. The van der Waals surface area contributed by atoms with Crippen LogP contribution in [0.2, 0.25) is 0 Å². The second kappa shape index (κ2) is 7.30. The van der Waals surface area contributed by atoms with Gasteiger partial charge < -0.3 is 14.6 Å². The maximum absolute atomic E-state index is 13.8. The standard InChI is InChI=1S/C20H19FN4O3/c1-13-7-10-28-18(13)20(27)24-8-4-9-25-14(12-24)11-17(23-25)19(26)22-16-6-3-2-5-15(16)21/h2-3,5-7,10-11H,4,8-9,12H2,1H3,(H,22,26). The van der Waals surface area contributed by atoms with Crippen LogP contribution in [0.5, 0.6) is 0 Å². The van der Waals surface area contributed by atoms with Crippen molar-refractivity contribution < 1.29 is 18.4 Å². The first-order valence-electron chi connectivity index (χ1n) is 8.99. The van der Waals surface area contributed by atoms with Crippen LogP contribution in [0.3, 0.4) is 0 Å². The van der Waals surface area contributed by atoms with Crippen molar-refractivity contribution in [2.45, 2.75) is 26.4 Å². The fourth-order valence-corrected chi connectivity index (χ4v) is 3.23. The number of nitrogens with zero attached hydrogens (tertiary/aromatic N) is 3. The highest BCUT2D eigenvalue weighted by Gasteiger charge is 2.25. The summed E-state index contributed by atoms with van der Waals surface area (Å²) in [6.07, 6.45) is 2.20. The number of benzene rings is 1. The number of carbonyl (C=O) groups excluding carboxylic acids is 2. The molecule has 0 fully saturated rings. The summed E-state index contributed by atoms with van der Waals surface area (Å²) in [5.41, 5.74) is 1.81. The van der Waals surface area contributed by atoms with E-state index in [1.165, 1.54) is 18.4 Å². The van der Waals surface area contributed by atoms with Crippen molar-refractivity contribution in [1.82, 2.24) is 14.7 Å². The molecule has 2 amide bonds. The number of furan rings is 1. The molecule has 3 aromatic rings. The van der Waals surface area contributed by atoms with E-state index in [0.29, 0.717) is 31.8 Å². The molecule has 28 heavy (non-hydrogen) atoms. The summed E-state index contributed by atoms with van der Waals surface area (Å²) in [6.45, 7) is 3.30. The molecule has 1 aromatic carbocycles. The minimum atomic E-state index is -0.512. The smallest absolute Gasteiger partial charge is 0.290 e. The lowest BCUT2D eigenvalue weighted by Crippen LogP contribution is -2.30. The molecule has 1 aliphatic heterocycles. The second-order valence-corrected chi connectivity index (χ2v) is 6.69. The summed E-state index contributed by atoms with van der Waals surface area (Å²) >= 11 is 0. The molecule has 0 saturated heterocycles. The third-order valence-corrected chi connectivity index (χ3v) is 4.71. The molecule has 0 unspecified atom stereocenters. The van der Waals surface area contributed by atoms with Crippen LogP contribution in [0.25, 0.3) is 0 Å². The predicted octanol–water partition coefficient (Wildman–Crippen LogP) is 3.22. The van der Waals surface area contributed by atoms with E-state index in [4.69, 9.17) is 4.42 Å². The van der Waals surface area contributed by atoms with E-state index in [1.807, 2.05) is 6.92 Å². The Morgan fingerprint density at radius 2 is 2.04 bits per heavy atom. The van der Waals surface area contributed by atoms with Gasteiger partial charge in [0.15, 0.2) is 11.5 Å². The molecule has 7 nitrogen and oxygen atoms in total. The highest BCUT2D eigenvalue weighted by Crippen LogP contribution is 2.20. The number of carbonyl (C=O) groups is 2. The zero-order valence-corrected chi connectivity index (χ0v) is 15.3. The van der Waals surface area contributed by atoms with Crippen molar-refractivity contribution in [3.05, 3.63) is 71.2 Å². The van der Waals surface area contributed by atoms with E-state index in [-0.39, 0.29) is 17.3 Å². The maximum Gasteiger partial charge on any atom is 0.290 e. The molecule has 2 aromatic heterocycles. The van der Waals surface area contributed by atoms with Gasteiger partial charge >= 0.3 is 0 Å². The zero-order chi connectivity index (χ0) is 19.7. The number of halogens is 1. The van der Waals surface area contributed by atoms with Crippen LogP contribution in [0.4, 0.5) is 10.1 Å². The van der Waals surface area contributed by atoms with E-state index in [9.17, 15) is 14.0 Å². The average molecular weight is 382 g/mol. The fourth-order valence-electron chi connectivity index (χ4n) is 3.23. The Kier molecular flexibility index (Phi) is 4.68. The van der Waals surface area contributed by atoms with Crippen LogP contribution < -0.4 is 5.32 Å². The van der Waals surface area contributed by atoms with Crippen molar-refractivity contribution in [2.24, 2.45) is 0 Å². The van der Waals surface area contributed by atoms with Gasteiger partial charge in [0.1, 0.15) is 5.82 Å². The third-order valence-electron chi connectivity index (χ3n) is 4.71. The summed E-state index contributed by atoms with van der Waals surface area (Å²) in [5.74, 6) is -0.868. The van der Waals surface area contributed by atoms with Crippen molar-refractivity contribution in [2.75, 3.05) is 11.9 Å². The topological polar surface area (TPSA) is 80.4 Å². The molecule has 1 aliphatic rings. The Bertz CT molecular complexity index is 1040. The van der Waals surface area contributed by atoms with Gasteiger partial charge in [-0.25, -0.2) is 4.39 Å². The molecule has 4 rings (SSSR count). The van der Waals surface area contributed by atoms with Gasteiger partial charge in [-0.2, -0.15) is 5.10 Å². The van der Waals surface area contributed by atoms with E-state index in [0.717, 1.165) is 11.3 Å². The number of amides is 2. The van der Waals surface area contributed by atoms with E-state index >= 15 is 0 Å². The molecule has 0 spiro atoms. The van der Waals surface area contributed by atoms with Crippen LogP contribution in [0, 0.1) is 12.7 Å². The van der Waals surface area contributed by atoms with Gasteiger partial charge in [0.05, 0.1) is 24.2 Å². The van der Waals surface area contributed by atoms with Crippen molar-refractivity contribution in [1.29, 1.82) is 0 Å². The van der Waals surface area contributed by atoms with E-state index in [2.05, 4.69) is 10.4 Å². The first kappa shape index (κ1) is 18.0. The minimum Gasteiger partial charge on any atom is -0.459 e. The van der Waals surface area contributed by atoms with Crippen LogP contribution >= 0.6 is 0 Å². The van der Waals surface area contributed by atoms with Gasteiger partial charge in [0.2, 0.25) is 0 Å². The molecule has 1 N–H and O–H groups in total. The summed E-state index contributed by atoms with van der Waals surface area (Å²) < 4.78 is 20.8. The highest BCUT2D eigenvalue weighted by molar-refractivity contribution is 6.03. The molecule has 0 radical (unpaired) electrons. The van der Waals surface area contributed by atoms with Gasteiger partial charge in [0, 0.05) is 18.7 Å². The van der Waals surface area contributed by atoms with Gasteiger partial charge in [-0.3, -0.25) is 14.3 Å². The zero-order valence-electron chi connectivity index (χ0n) is 15.3. The number of hydrogen-bond donors (Lipinski definition) is 1. The second-order valence-electron chi connectivity index (χ2n) is 6.69. The highest BCUT2D eigenvalue weighted by atomic mass is 19.1. The summed E-state index contributed by atoms with van der Waals surface area (Å²) in [4.78, 5) is 26.9. The van der Waals surface area contributed by atoms with Crippen molar-refractivity contribution in [3.63, 3.8) is 0 Å². The van der Waals surface area contributed by atoms with Crippen molar-refractivity contribution in [3.8, 4) is 0 Å². The Morgan fingerprint density at radius 1 is 1.21 bits per heavy atom. The summed E-state index contributed by atoms with van der Waals surface area (Å²) in [7, 11) is 0. The number of hydrogen-bond acceptors (Lipinski definition) is 4. The molecule has 0 aliphatic carbocycles. The van der Waals surface area contributed by atoms with Crippen molar-refractivity contribution >= 4 is 17.5 Å². The molecular weight excluding hydrogens is 363 g/mol. The molecule has 0 saturated carbocycles. The number of para-hydroxylation sites is 1. The maximum atomic E-state index is 13.8. The number of nitrogens with one attached hydrogen (secondary N) is 1. The molecule has 0 bridgehead atoms. The lowest BCUT2D eigenvalue weighted by molar-refractivity contribution is 0.0712. The third kappa shape index (κ3) is 3.40. The van der Waals surface area contributed by atoms with Crippen LogP contribution in [0.15, 0.2) is 47.1 Å². The number of fused-ring (bicyclic) bond motifs is 1. The van der Waals surface area contributed by atoms with E-state index in [1.54, 1.807) is 33.8 Å². The van der Waals surface area contributed by atoms with Crippen LogP contribution in [-0.2, 0) is 13.1 Å².